The van der Waals surface area contributed by atoms with Crippen LogP contribution in [-0.4, -0.2) is 48.1 Å². The van der Waals surface area contributed by atoms with Crippen LogP contribution in [0.15, 0.2) is 0 Å². The van der Waals surface area contributed by atoms with Crippen molar-refractivity contribution >= 4 is 5.91 Å². The molecule has 2 aliphatic rings. The van der Waals surface area contributed by atoms with Crippen LogP contribution < -0.4 is 5.32 Å². The van der Waals surface area contributed by atoms with Crippen molar-refractivity contribution in [2.45, 2.75) is 38.6 Å². The minimum atomic E-state index is 0.301. The minimum absolute atomic E-state index is 0.301. The molecular weight excluding hydrogens is 190 g/mol. The average molecular weight is 211 g/mol. The fraction of sp³-hybridized carbons (Fsp3) is 0.909. The van der Waals surface area contributed by atoms with E-state index in [0.717, 1.165) is 32.6 Å². The van der Waals surface area contributed by atoms with Crippen molar-refractivity contribution in [1.82, 2.24) is 15.3 Å². The van der Waals surface area contributed by atoms with Crippen LogP contribution in [0.5, 0.6) is 0 Å². The Bertz CT molecular complexity index is 226. The molecule has 0 radical (unpaired) electrons. The lowest BCUT2D eigenvalue weighted by Crippen LogP contribution is -2.45. The fourth-order valence-electron chi connectivity index (χ4n) is 2.47. The van der Waals surface area contributed by atoms with E-state index < -0.39 is 0 Å². The van der Waals surface area contributed by atoms with Gasteiger partial charge in [-0.1, -0.05) is 6.92 Å². The van der Waals surface area contributed by atoms with Gasteiger partial charge in [0.05, 0.1) is 0 Å². The van der Waals surface area contributed by atoms with Crippen LogP contribution in [0, 0.1) is 0 Å². The highest BCUT2D eigenvalue weighted by molar-refractivity contribution is 5.77. The van der Waals surface area contributed by atoms with Crippen LogP contribution in [0.4, 0.5) is 0 Å². The highest BCUT2D eigenvalue weighted by Crippen LogP contribution is 2.15. The molecule has 0 spiro atoms. The van der Waals surface area contributed by atoms with E-state index in [1.807, 2.05) is 5.01 Å². The zero-order valence-electron chi connectivity index (χ0n) is 9.54. The van der Waals surface area contributed by atoms with Crippen LogP contribution in [0.2, 0.25) is 0 Å². The summed E-state index contributed by atoms with van der Waals surface area (Å²) in [6.45, 7) is 6.06. The lowest BCUT2D eigenvalue weighted by molar-refractivity contribution is -0.138. The average Bonchev–Trinajstić information content (AvgIpc) is 2.83. The van der Waals surface area contributed by atoms with Gasteiger partial charge in [-0.15, -0.1) is 0 Å². The van der Waals surface area contributed by atoms with Crippen molar-refractivity contribution in [3.8, 4) is 0 Å². The first-order chi connectivity index (χ1) is 7.31. The van der Waals surface area contributed by atoms with Gasteiger partial charge in [-0.25, -0.2) is 5.01 Å². The van der Waals surface area contributed by atoms with Crippen LogP contribution in [0.25, 0.3) is 0 Å². The van der Waals surface area contributed by atoms with Gasteiger partial charge in [-0.05, 0) is 25.8 Å². The zero-order valence-corrected chi connectivity index (χ0v) is 9.54. The molecule has 2 heterocycles. The van der Waals surface area contributed by atoms with E-state index in [2.05, 4.69) is 17.2 Å². The van der Waals surface area contributed by atoms with E-state index in [9.17, 15) is 4.79 Å². The molecule has 0 aromatic rings. The number of hydrogen-bond acceptors (Lipinski definition) is 3. The summed E-state index contributed by atoms with van der Waals surface area (Å²) in [6.07, 6.45) is 4.28. The van der Waals surface area contributed by atoms with Gasteiger partial charge >= 0.3 is 0 Å². The third kappa shape index (κ3) is 2.49. The fourth-order valence-corrected chi connectivity index (χ4v) is 2.47. The number of amides is 1. The molecule has 1 atom stereocenters. The van der Waals surface area contributed by atoms with E-state index in [1.165, 1.54) is 12.8 Å². The second kappa shape index (κ2) is 4.94. The van der Waals surface area contributed by atoms with E-state index >= 15 is 0 Å². The number of nitrogens with one attached hydrogen (secondary N) is 1. The topological polar surface area (TPSA) is 35.6 Å². The number of hydrazine groups is 1. The summed E-state index contributed by atoms with van der Waals surface area (Å²) in [5, 5.41) is 7.66. The molecule has 1 amide bonds. The molecule has 4 nitrogen and oxygen atoms in total. The molecule has 2 rings (SSSR count). The minimum Gasteiger partial charge on any atom is -0.313 e. The monoisotopic (exact) mass is 211 g/mol. The maximum Gasteiger partial charge on any atom is 0.238 e. The van der Waals surface area contributed by atoms with Gasteiger partial charge in [-0.3, -0.25) is 9.80 Å². The summed E-state index contributed by atoms with van der Waals surface area (Å²) in [5.74, 6) is 0.301. The first-order valence-electron chi connectivity index (χ1n) is 6.10. The van der Waals surface area contributed by atoms with Crippen molar-refractivity contribution in [3.05, 3.63) is 0 Å². The molecule has 2 aliphatic heterocycles. The maximum atomic E-state index is 11.6. The van der Waals surface area contributed by atoms with Gasteiger partial charge in [0.1, 0.15) is 0 Å². The van der Waals surface area contributed by atoms with Crippen molar-refractivity contribution in [1.29, 1.82) is 0 Å². The summed E-state index contributed by atoms with van der Waals surface area (Å²) in [7, 11) is 0. The van der Waals surface area contributed by atoms with Crippen LogP contribution in [0.3, 0.4) is 0 Å². The van der Waals surface area contributed by atoms with Crippen molar-refractivity contribution in [3.63, 3.8) is 0 Å². The van der Waals surface area contributed by atoms with Gasteiger partial charge in [0, 0.05) is 32.1 Å². The van der Waals surface area contributed by atoms with Gasteiger partial charge in [-0.2, -0.15) is 0 Å². The van der Waals surface area contributed by atoms with Crippen LogP contribution >= 0.6 is 0 Å². The Kier molecular flexibility index (Phi) is 3.59. The van der Waals surface area contributed by atoms with Crippen molar-refractivity contribution in [2.75, 3.05) is 26.2 Å². The normalized spacial score (nSPS) is 27.9. The Morgan fingerprint density at radius 3 is 3.07 bits per heavy atom. The number of carbonyl (C=O) groups excluding carboxylic acids is 1. The van der Waals surface area contributed by atoms with Gasteiger partial charge in [0.2, 0.25) is 5.91 Å². The van der Waals surface area contributed by atoms with Crippen molar-refractivity contribution in [2.24, 2.45) is 0 Å². The highest BCUT2D eigenvalue weighted by atomic mass is 16.2. The number of rotatable bonds is 4. The molecule has 1 N–H and O–H groups in total. The Labute approximate surface area is 91.6 Å². The Morgan fingerprint density at radius 2 is 2.40 bits per heavy atom. The molecule has 0 bridgehead atoms. The molecule has 15 heavy (non-hydrogen) atoms. The maximum absolute atomic E-state index is 11.6. The molecular formula is C11H21N3O. The lowest BCUT2D eigenvalue weighted by atomic mass is 10.2. The molecule has 86 valence electrons. The Hall–Kier alpha value is -0.610. The van der Waals surface area contributed by atoms with Crippen LogP contribution in [0.1, 0.15) is 32.6 Å². The quantitative estimate of drug-likeness (QED) is 0.739. The predicted octanol–water partition coefficient (Wildman–Crippen LogP) is 0.598. The summed E-state index contributed by atoms with van der Waals surface area (Å²) >= 11 is 0. The molecule has 0 saturated carbocycles. The lowest BCUT2D eigenvalue weighted by Gasteiger charge is -2.29. The van der Waals surface area contributed by atoms with Crippen molar-refractivity contribution < 1.29 is 4.79 Å². The van der Waals surface area contributed by atoms with Crippen LogP contribution in [-0.2, 0) is 4.79 Å². The predicted molar refractivity (Wildman–Crippen MR) is 59.2 cm³/mol. The molecule has 4 heteroatoms. The Balaban J connectivity index is 1.86. The molecule has 2 fully saturated rings. The largest absolute Gasteiger partial charge is 0.313 e. The smallest absolute Gasteiger partial charge is 0.238 e. The standard InChI is InChI=1S/C11H21N3O/c1-2-7-14-11(15)5-8-13(14)9-10-4-3-6-12-10/h10,12H,2-9H2,1H3. The molecule has 1 unspecified atom stereocenters. The SMILES string of the molecule is CCCN1C(=O)CCN1CC1CCCN1. The van der Waals surface area contributed by atoms with E-state index in [0.29, 0.717) is 18.4 Å². The second-order valence-corrected chi connectivity index (χ2v) is 4.47. The third-order valence-corrected chi connectivity index (χ3v) is 3.24. The van der Waals surface area contributed by atoms with E-state index in [-0.39, 0.29) is 0 Å². The Morgan fingerprint density at radius 1 is 1.53 bits per heavy atom. The molecule has 0 aliphatic carbocycles. The number of carbonyl (C=O) groups is 1. The molecule has 2 saturated heterocycles. The third-order valence-electron chi connectivity index (χ3n) is 3.24. The van der Waals surface area contributed by atoms with E-state index in [1.54, 1.807) is 0 Å². The summed E-state index contributed by atoms with van der Waals surface area (Å²) in [6, 6.07) is 0.593. The number of hydrogen-bond donors (Lipinski definition) is 1. The van der Waals surface area contributed by atoms with Gasteiger partial charge in [0.15, 0.2) is 0 Å². The molecule has 0 aromatic carbocycles. The second-order valence-electron chi connectivity index (χ2n) is 4.47. The summed E-state index contributed by atoms with van der Waals surface area (Å²) in [4.78, 5) is 11.6. The van der Waals surface area contributed by atoms with E-state index in [4.69, 9.17) is 0 Å². The number of nitrogens with zero attached hydrogens (tertiary/aromatic N) is 2. The summed E-state index contributed by atoms with van der Waals surface area (Å²) in [5.41, 5.74) is 0. The zero-order chi connectivity index (χ0) is 10.7. The molecule has 0 aromatic heterocycles. The summed E-state index contributed by atoms with van der Waals surface area (Å²) < 4.78 is 0. The first kappa shape index (κ1) is 10.9. The van der Waals surface area contributed by atoms with Gasteiger partial charge < -0.3 is 5.32 Å². The van der Waals surface area contributed by atoms with Gasteiger partial charge in [0.25, 0.3) is 0 Å². The first-order valence-corrected chi connectivity index (χ1v) is 6.10. The highest BCUT2D eigenvalue weighted by Gasteiger charge is 2.30.